The van der Waals surface area contributed by atoms with Crippen LogP contribution < -0.4 is 21.3 Å². The van der Waals surface area contributed by atoms with Crippen molar-refractivity contribution in [2.75, 3.05) is 106 Å². The predicted molar refractivity (Wildman–Crippen MR) is 328 cm³/mol. The largest absolute Gasteiger partial charge is 0.382 e. The van der Waals surface area contributed by atoms with Gasteiger partial charge in [0, 0.05) is 52.4 Å². The number of amides is 4. The number of unbranched alkanes of at least 4 members (excludes halogenated alkanes) is 28. The summed E-state index contributed by atoms with van der Waals surface area (Å²) in [5.74, 6) is -1.70. The van der Waals surface area contributed by atoms with Crippen molar-refractivity contribution >= 4 is 23.6 Å². The number of rotatable bonds is 60. The van der Waals surface area contributed by atoms with Gasteiger partial charge in [-0.2, -0.15) is 0 Å². The summed E-state index contributed by atoms with van der Waals surface area (Å²) in [4.78, 5) is 60.0. The van der Waals surface area contributed by atoms with Gasteiger partial charge in [0.25, 0.3) is 0 Å². The molecule has 16 nitrogen and oxygen atoms in total. The van der Waals surface area contributed by atoms with E-state index in [0.717, 1.165) is 110 Å². The maximum atomic E-state index is 13.0. The molecule has 0 aliphatic carbocycles. The third kappa shape index (κ3) is 48.8. The molecule has 0 aliphatic rings. The summed E-state index contributed by atoms with van der Waals surface area (Å²) in [6.45, 7) is 15.2. The fraction of sp³-hybridized carbons (Fsp3) is 0.937. The number of aliphatic hydroxyl groups excluding tert-OH is 4. The number of nitrogens with zero attached hydrogens (tertiary/aromatic N) is 4. The minimum absolute atomic E-state index is 0.0224. The summed E-state index contributed by atoms with van der Waals surface area (Å²) >= 11 is 0. The molecule has 0 spiro atoms. The van der Waals surface area contributed by atoms with Crippen molar-refractivity contribution in [2.24, 2.45) is 0 Å². The first-order chi connectivity index (χ1) is 38.3. The Morgan fingerprint density at radius 1 is 0.278 bits per heavy atom. The summed E-state index contributed by atoms with van der Waals surface area (Å²) in [5.41, 5.74) is 0. The molecule has 0 bridgehead atoms. The molecule has 0 saturated heterocycles. The first-order valence-corrected chi connectivity index (χ1v) is 32.9. The third-order valence-electron chi connectivity index (χ3n) is 15.4. The van der Waals surface area contributed by atoms with Crippen molar-refractivity contribution in [3.63, 3.8) is 0 Å². The summed E-state index contributed by atoms with van der Waals surface area (Å²) < 4.78 is 0. The zero-order valence-corrected chi connectivity index (χ0v) is 52.2. The highest BCUT2D eigenvalue weighted by Gasteiger charge is 2.25. The number of carbonyl (C=O) groups excluding carboxylic acids is 4. The average Bonchev–Trinajstić information content (AvgIpc) is 3.42. The fourth-order valence-electron chi connectivity index (χ4n) is 10.1. The van der Waals surface area contributed by atoms with E-state index >= 15 is 0 Å². The summed E-state index contributed by atoms with van der Waals surface area (Å²) in [6, 6.07) is 0. The van der Waals surface area contributed by atoms with Gasteiger partial charge in [0.1, 0.15) is 24.4 Å². The number of carbonyl (C=O) groups is 4. The number of nitrogens with one attached hydrogen (secondary N) is 4. The second-order valence-corrected chi connectivity index (χ2v) is 23.3. The first-order valence-electron chi connectivity index (χ1n) is 32.9. The molecule has 16 heteroatoms. The molecule has 0 radical (unpaired) electrons. The normalized spacial score (nSPS) is 13.3. The summed E-state index contributed by atoms with van der Waals surface area (Å²) in [6.07, 6.45) is 34.4. The van der Waals surface area contributed by atoms with Crippen LogP contribution in [0.4, 0.5) is 0 Å². The van der Waals surface area contributed by atoms with Crippen LogP contribution in [0.2, 0.25) is 0 Å². The standard InChI is InChI=1S/C63H128N8O8/c1-7-11-15-19-23-27-31-35-42-64-60(76)56(72)52-70(53-57(73)61(77)65-43-36-32-28-24-20-16-12-8-2)50-40-48-68(5)46-39-47-69(6)49-41-51-71(54-58(74)62(78)66-44-37-33-29-25-21-17-13-9-3)55-59(75)63(79)67-45-38-34-30-26-22-18-14-10-4/h56-59,72-75H,7-55H2,1-6H3,(H,64,76)(H,65,77)(H,66,78)(H,67,79). The topological polar surface area (TPSA) is 210 Å². The van der Waals surface area contributed by atoms with Crippen LogP contribution in [0.3, 0.4) is 0 Å². The molecule has 79 heavy (non-hydrogen) atoms. The summed E-state index contributed by atoms with van der Waals surface area (Å²) in [7, 11) is 4.13. The molecule has 0 saturated carbocycles. The minimum atomic E-state index is -1.28. The Morgan fingerprint density at radius 2 is 0.456 bits per heavy atom. The highest BCUT2D eigenvalue weighted by molar-refractivity contribution is 5.82. The van der Waals surface area contributed by atoms with Crippen molar-refractivity contribution in [1.29, 1.82) is 0 Å². The Hall–Kier alpha value is -2.44. The molecule has 0 aliphatic heterocycles. The van der Waals surface area contributed by atoms with Crippen molar-refractivity contribution in [2.45, 2.75) is 277 Å². The SMILES string of the molecule is CCCCCCCCCCNC(=O)C(O)CN(CCCN(C)CCCN(C)CCCN(CC(O)C(=O)NCCCCCCCCCC)CC(O)C(=O)NCCCCCCCCCC)CC(O)C(=O)NCCCCCCCCCC. The Bertz CT molecular complexity index is 1220. The lowest BCUT2D eigenvalue weighted by molar-refractivity contribution is -0.133. The highest BCUT2D eigenvalue weighted by Crippen LogP contribution is 2.12. The van der Waals surface area contributed by atoms with Gasteiger partial charge in [-0.25, -0.2) is 0 Å². The van der Waals surface area contributed by atoms with E-state index in [1.165, 1.54) is 128 Å². The van der Waals surface area contributed by atoms with E-state index in [1.807, 2.05) is 9.80 Å². The Balaban J connectivity index is 5.22. The second kappa shape index (κ2) is 56.1. The van der Waals surface area contributed by atoms with Crippen LogP contribution in [-0.2, 0) is 19.2 Å². The van der Waals surface area contributed by atoms with E-state index in [2.05, 4.69) is 72.9 Å². The number of hydrogen-bond donors (Lipinski definition) is 8. The van der Waals surface area contributed by atoms with E-state index in [-0.39, 0.29) is 26.2 Å². The number of hydrogen-bond acceptors (Lipinski definition) is 12. The summed E-state index contributed by atoms with van der Waals surface area (Å²) in [5, 5.41) is 55.5. The van der Waals surface area contributed by atoms with E-state index in [0.29, 0.717) is 52.1 Å². The molecule has 8 N–H and O–H groups in total. The van der Waals surface area contributed by atoms with Gasteiger partial charge in [0.2, 0.25) is 23.6 Å². The average molecular weight is 1130 g/mol. The first kappa shape index (κ1) is 76.6. The lowest BCUT2D eigenvalue weighted by Gasteiger charge is -2.28. The van der Waals surface area contributed by atoms with Crippen LogP contribution in [0.15, 0.2) is 0 Å². The van der Waals surface area contributed by atoms with Crippen molar-refractivity contribution < 1.29 is 39.6 Å². The minimum Gasteiger partial charge on any atom is -0.382 e. The molecule has 4 atom stereocenters. The second-order valence-electron chi connectivity index (χ2n) is 23.3. The fourth-order valence-corrected chi connectivity index (χ4v) is 10.1. The van der Waals surface area contributed by atoms with Gasteiger partial charge in [-0.05, 0) is 98.3 Å². The smallest absolute Gasteiger partial charge is 0.250 e. The predicted octanol–water partition coefficient (Wildman–Crippen LogP) is 9.10. The molecular weight excluding hydrogens is 997 g/mol. The van der Waals surface area contributed by atoms with Crippen LogP contribution in [0.1, 0.15) is 252 Å². The van der Waals surface area contributed by atoms with Gasteiger partial charge in [0.15, 0.2) is 0 Å². The van der Waals surface area contributed by atoms with Crippen molar-refractivity contribution in [1.82, 2.24) is 40.9 Å². The van der Waals surface area contributed by atoms with Crippen LogP contribution in [0.5, 0.6) is 0 Å². The van der Waals surface area contributed by atoms with Gasteiger partial charge in [0.05, 0.1) is 0 Å². The van der Waals surface area contributed by atoms with Crippen molar-refractivity contribution in [3.8, 4) is 0 Å². The van der Waals surface area contributed by atoms with E-state index in [1.54, 1.807) is 0 Å². The molecule has 4 unspecified atom stereocenters. The van der Waals surface area contributed by atoms with E-state index in [4.69, 9.17) is 0 Å². The van der Waals surface area contributed by atoms with Gasteiger partial charge in [-0.15, -0.1) is 0 Å². The highest BCUT2D eigenvalue weighted by atomic mass is 16.3. The van der Waals surface area contributed by atoms with Gasteiger partial charge < -0.3 is 51.5 Å². The maximum Gasteiger partial charge on any atom is 0.250 e. The number of aliphatic hydroxyl groups is 4. The molecule has 4 amide bonds. The molecule has 0 aromatic rings. The van der Waals surface area contributed by atoms with Crippen LogP contribution >= 0.6 is 0 Å². The lowest BCUT2D eigenvalue weighted by Crippen LogP contribution is -2.48. The Kier molecular flexibility index (Phi) is 54.3. The maximum absolute atomic E-state index is 13.0. The molecular formula is C63H128N8O8. The van der Waals surface area contributed by atoms with E-state index in [9.17, 15) is 39.6 Å². The lowest BCUT2D eigenvalue weighted by atomic mass is 10.1. The quantitative estimate of drug-likeness (QED) is 0.0268. The van der Waals surface area contributed by atoms with Gasteiger partial charge >= 0.3 is 0 Å². The van der Waals surface area contributed by atoms with Crippen molar-refractivity contribution in [3.05, 3.63) is 0 Å². The van der Waals surface area contributed by atoms with Crippen LogP contribution in [0.25, 0.3) is 0 Å². The molecule has 0 fully saturated rings. The van der Waals surface area contributed by atoms with Gasteiger partial charge in [-0.1, -0.05) is 207 Å². The molecule has 0 aromatic heterocycles. The Labute approximate surface area is 484 Å². The monoisotopic (exact) mass is 1120 g/mol. The van der Waals surface area contributed by atoms with E-state index < -0.39 is 48.0 Å². The van der Waals surface area contributed by atoms with Crippen LogP contribution in [-0.4, -0.2) is 194 Å². The van der Waals surface area contributed by atoms with Crippen LogP contribution in [0, 0.1) is 0 Å². The molecule has 0 rings (SSSR count). The zero-order chi connectivity index (χ0) is 58.4. The zero-order valence-electron chi connectivity index (χ0n) is 52.2. The Morgan fingerprint density at radius 3 is 0.658 bits per heavy atom. The molecule has 0 heterocycles. The van der Waals surface area contributed by atoms with Gasteiger partial charge in [-0.3, -0.25) is 29.0 Å². The molecule has 0 aromatic carbocycles. The third-order valence-corrected chi connectivity index (χ3v) is 15.4. The molecule has 468 valence electrons.